The van der Waals surface area contributed by atoms with E-state index in [2.05, 4.69) is 11.4 Å². The van der Waals surface area contributed by atoms with Crippen LogP contribution in [0, 0.1) is 0 Å². The number of amides is 1. The fourth-order valence-corrected chi connectivity index (χ4v) is 2.87. The zero-order valence-electron chi connectivity index (χ0n) is 11.6. The number of aryl methyl sites for hydroxylation is 1. The van der Waals surface area contributed by atoms with E-state index in [0.29, 0.717) is 6.42 Å². The second-order valence-electron chi connectivity index (χ2n) is 5.36. The zero-order chi connectivity index (χ0) is 13.8. The Morgan fingerprint density at radius 2 is 1.75 bits per heavy atom. The molecule has 2 aromatic rings. The Morgan fingerprint density at radius 1 is 0.950 bits per heavy atom. The lowest BCUT2D eigenvalue weighted by atomic mass is 9.90. The highest BCUT2D eigenvalue weighted by atomic mass is 16.1. The van der Waals surface area contributed by atoms with Crippen LogP contribution in [0.25, 0.3) is 0 Å². The molecule has 2 aromatic carbocycles. The van der Waals surface area contributed by atoms with Gasteiger partial charge in [0.05, 0.1) is 6.42 Å². The molecule has 0 spiro atoms. The number of carbonyl (C=O) groups is 1. The Morgan fingerprint density at radius 3 is 2.60 bits per heavy atom. The van der Waals surface area contributed by atoms with Gasteiger partial charge in [0.15, 0.2) is 0 Å². The van der Waals surface area contributed by atoms with Crippen LogP contribution in [0.5, 0.6) is 0 Å². The number of hydrogen-bond acceptors (Lipinski definition) is 1. The molecule has 3 rings (SSSR count). The van der Waals surface area contributed by atoms with Crippen LogP contribution >= 0.6 is 0 Å². The van der Waals surface area contributed by atoms with Gasteiger partial charge in [-0.1, -0.05) is 42.5 Å². The van der Waals surface area contributed by atoms with Gasteiger partial charge in [-0.05, 0) is 48.4 Å². The number of nitrogens with one attached hydrogen (secondary N) is 1. The highest BCUT2D eigenvalue weighted by Gasteiger charge is 2.14. The first kappa shape index (κ1) is 12.9. The summed E-state index contributed by atoms with van der Waals surface area (Å²) in [5.41, 5.74) is 4.78. The van der Waals surface area contributed by atoms with E-state index >= 15 is 0 Å². The number of hydrogen-bond donors (Lipinski definition) is 1. The van der Waals surface area contributed by atoms with Crippen molar-refractivity contribution < 1.29 is 4.79 Å². The smallest absolute Gasteiger partial charge is 0.228 e. The zero-order valence-corrected chi connectivity index (χ0v) is 11.6. The van der Waals surface area contributed by atoms with Gasteiger partial charge in [-0.25, -0.2) is 0 Å². The van der Waals surface area contributed by atoms with Gasteiger partial charge >= 0.3 is 0 Å². The third-order valence-electron chi connectivity index (χ3n) is 3.88. The molecule has 2 nitrogen and oxygen atoms in total. The van der Waals surface area contributed by atoms with Crippen molar-refractivity contribution in [2.24, 2.45) is 0 Å². The molecular weight excluding hydrogens is 246 g/mol. The SMILES string of the molecule is O=C(Cc1ccccc1)Nc1cccc2c1CCCC2. The molecule has 0 aromatic heterocycles. The van der Waals surface area contributed by atoms with Crippen LogP contribution in [0.1, 0.15) is 29.5 Å². The number of benzene rings is 2. The van der Waals surface area contributed by atoms with Crippen molar-refractivity contribution in [3.05, 3.63) is 65.2 Å². The average molecular weight is 265 g/mol. The largest absolute Gasteiger partial charge is 0.326 e. The van der Waals surface area contributed by atoms with Crippen molar-refractivity contribution >= 4 is 11.6 Å². The van der Waals surface area contributed by atoms with Gasteiger partial charge < -0.3 is 5.32 Å². The molecule has 0 radical (unpaired) electrons. The summed E-state index contributed by atoms with van der Waals surface area (Å²) in [5, 5.41) is 3.08. The monoisotopic (exact) mass is 265 g/mol. The van der Waals surface area contributed by atoms with Gasteiger partial charge in [0, 0.05) is 5.69 Å². The van der Waals surface area contributed by atoms with E-state index in [9.17, 15) is 4.79 Å². The number of fused-ring (bicyclic) bond motifs is 1. The fraction of sp³-hybridized carbons (Fsp3) is 0.278. The van der Waals surface area contributed by atoms with Crippen molar-refractivity contribution in [3.8, 4) is 0 Å². The Kier molecular flexibility index (Phi) is 3.82. The minimum atomic E-state index is 0.0650. The summed E-state index contributed by atoms with van der Waals surface area (Å²) in [6, 6.07) is 16.1. The van der Waals surface area contributed by atoms with E-state index < -0.39 is 0 Å². The molecule has 0 fully saturated rings. The normalized spacial score (nSPS) is 13.6. The predicted molar refractivity (Wildman–Crippen MR) is 81.9 cm³/mol. The maximum Gasteiger partial charge on any atom is 0.228 e. The van der Waals surface area contributed by atoms with Crippen molar-refractivity contribution in [2.45, 2.75) is 32.1 Å². The second-order valence-corrected chi connectivity index (χ2v) is 5.36. The fourth-order valence-electron chi connectivity index (χ4n) is 2.87. The van der Waals surface area contributed by atoms with Gasteiger partial charge in [0.2, 0.25) is 5.91 Å². The molecule has 1 aliphatic carbocycles. The predicted octanol–water partition coefficient (Wildman–Crippen LogP) is 3.75. The van der Waals surface area contributed by atoms with Crippen LogP contribution in [0.15, 0.2) is 48.5 Å². The van der Waals surface area contributed by atoms with Gasteiger partial charge in [-0.15, -0.1) is 0 Å². The molecule has 2 heteroatoms. The van der Waals surface area contributed by atoms with Crippen LogP contribution in [-0.4, -0.2) is 5.91 Å². The van der Waals surface area contributed by atoms with E-state index in [0.717, 1.165) is 24.1 Å². The maximum absolute atomic E-state index is 12.2. The molecule has 20 heavy (non-hydrogen) atoms. The second kappa shape index (κ2) is 5.91. The number of anilines is 1. The Balaban J connectivity index is 1.73. The third-order valence-corrected chi connectivity index (χ3v) is 3.88. The lowest BCUT2D eigenvalue weighted by molar-refractivity contribution is -0.115. The van der Waals surface area contributed by atoms with Gasteiger partial charge in [-0.3, -0.25) is 4.79 Å². The van der Waals surface area contributed by atoms with E-state index in [1.807, 2.05) is 42.5 Å². The molecule has 1 N–H and O–H groups in total. The lowest BCUT2D eigenvalue weighted by Gasteiger charge is -2.19. The summed E-state index contributed by atoms with van der Waals surface area (Å²) in [4.78, 5) is 12.2. The van der Waals surface area contributed by atoms with Crippen LogP contribution in [0.4, 0.5) is 5.69 Å². The minimum absolute atomic E-state index is 0.0650. The standard InChI is InChI=1S/C18H19NO/c20-18(13-14-7-2-1-3-8-14)19-17-12-6-10-15-9-4-5-11-16(15)17/h1-3,6-8,10,12H,4-5,9,11,13H2,(H,19,20). The summed E-state index contributed by atoms with van der Waals surface area (Å²) >= 11 is 0. The molecule has 0 saturated heterocycles. The van der Waals surface area contributed by atoms with Crippen molar-refractivity contribution in [3.63, 3.8) is 0 Å². The van der Waals surface area contributed by atoms with Gasteiger partial charge in [-0.2, -0.15) is 0 Å². The van der Waals surface area contributed by atoms with Gasteiger partial charge in [0.25, 0.3) is 0 Å². The Bertz CT molecular complexity index is 604. The Hall–Kier alpha value is -2.09. The molecular formula is C18H19NO. The molecule has 1 amide bonds. The molecule has 0 heterocycles. The van der Waals surface area contributed by atoms with Crippen LogP contribution in [0.2, 0.25) is 0 Å². The first-order chi connectivity index (χ1) is 9.83. The first-order valence-electron chi connectivity index (χ1n) is 7.27. The summed E-state index contributed by atoms with van der Waals surface area (Å²) in [7, 11) is 0. The molecule has 1 aliphatic rings. The highest BCUT2D eigenvalue weighted by Crippen LogP contribution is 2.27. The summed E-state index contributed by atoms with van der Waals surface area (Å²) in [5.74, 6) is 0.0650. The number of carbonyl (C=O) groups excluding carboxylic acids is 1. The van der Waals surface area contributed by atoms with Crippen LogP contribution in [0.3, 0.4) is 0 Å². The van der Waals surface area contributed by atoms with Crippen molar-refractivity contribution in [1.29, 1.82) is 0 Å². The lowest BCUT2D eigenvalue weighted by Crippen LogP contribution is -2.17. The summed E-state index contributed by atoms with van der Waals surface area (Å²) in [6.07, 6.45) is 5.13. The third kappa shape index (κ3) is 2.90. The molecule has 0 atom stereocenters. The first-order valence-corrected chi connectivity index (χ1v) is 7.27. The maximum atomic E-state index is 12.2. The number of rotatable bonds is 3. The molecule has 0 saturated carbocycles. The average Bonchev–Trinajstić information content (AvgIpc) is 2.48. The summed E-state index contributed by atoms with van der Waals surface area (Å²) < 4.78 is 0. The van der Waals surface area contributed by atoms with Crippen LogP contribution < -0.4 is 5.32 Å². The van der Waals surface area contributed by atoms with Gasteiger partial charge in [0.1, 0.15) is 0 Å². The summed E-state index contributed by atoms with van der Waals surface area (Å²) in [6.45, 7) is 0. The Labute approximate surface area is 119 Å². The molecule has 0 unspecified atom stereocenters. The highest BCUT2D eigenvalue weighted by molar-refractivity contribution is 5.93. The van der Waals surface area contributed by atoms with E-state index in [1.165, 1.54) is 24.0 Å². The topological polar surface area (TPSA) is 29.1 Å². The van der Waals surface area contributed by atoms with E-state index in [4.69, 9.17) is 0 Å². The minimum Gasteiger partial charge on any atom is -0.326 e. The molecule has 102 valence electrons. The molecule has 0 aliphatic heterocycles. The molecule has 0 bridgehead atoms. The van der Waals surface area contributed by atoms with Crippen molar-refractivity contribution in [1.82, 2.24) is 0 Å². The van der Waals surface area contributed by atoms with E-state index in [-0.39, 0.29) is 5.91 Å². The van der Waals surface area contributed by atoms with Crippen LogP contribution in [-0.2, 0) is 24.1 Å². The van der Waals surface area contributed by atoms with E-state index in [1.54, 1.807) is 0 Å². The quantitative estimate of drug-likeness (QED) is 0.899. The van der Waals surface area contributed by atoms with Crippen molar-refractivity contribution in [2.75, 3.05) is 5.32 Å².